The van der Waals surface area contributed by atoms with Crippen LogP contribution >= 0.6 is 0 Å². The molecule has 1 unspecified atom stereocenters. The zero-order valence-electron chi connectivity index (χ0n) is 14.0. The molecule has 23 heavy (non-hydrogen) atoms. The van der Waals surface area contributed by atoms with Crippen LogP contribution in [0.5, 0.6) is 0 Å². The van der Waals surface area contributed by atoms with E-state index in [2.05, 4.69) is 0 Å². The summed E-state index contributed by atoms with van der Waals surface area (Å²) in [5.74, 6) is 0.576. The van der Waals surface area contributed by atoms with Gasteiger partial charge in [0.1, 0.15) is 6.61 Å². The number of amides is 2. The number of rotatable bonds is 5. The summed E-state index contributed by atoms with van der Waals surface area (Å²) < 4.78 is 10.5. The van der Waals surface area contributed by atoms with E-state index in [1.807, 2.05) is 9.80 Å². The number of hydrogen-bond donors (Lipinski definition) is 0. The first-order valence-corrected chi connectivity index (χ1v) is 8.87. The van der Waals surface area contributed by atoms with Crippen molar-refractivity contribution in [3.05, 3.63) is 0 Å². The van der Waals surface area contributed by atoms with E-state index in [9.17, 15) is 9.59 Å². The first kappa shape index (κ1) is 16.7. The molecule has 1 aliphatic carbocycles. The van der Waals surface area contributed by atoms with Crippen molar-refractivity contribution in [2.75, 3.05) is 40.0 Å². The van der Waals surface area contributed by atoms with Crippen molar-refractivity contribution in [2.45, 2.75) is 50.6 Å². The van der Waals surface area contributed by atoms with E-state index in [1.54, 1.807) is 7.11 Å². The molecular weight excluding hydrogens is 296 g/mol. The van der Waals surface area contributed by atoms with Crippen LogP contribution in [0.1, 0.15) is 38.5 Å². The van der Waals surface area contributed by atoms with Crippen LogP contribution in [0.2, 0.25) is 0 Å². The Hall–Kier alpha value is -1.14. The molecule has 130 valence electrons. The first-order valence-electron chi connectivity index (χ1n) is 8.87. The van der Waals surface area contributed by atoms with Crippen LogP contribution in [0.25, 0.3) is 0 Å². The summed E-state index contributed by atoms with van der Waals surface area (Å²) in [5, 5.41) is 0. The van der Waals surface area contributed by atoms with Crippen LogP contribution < -0.4 is 0 Å². The van der Waals surface area contributed by atoms with Gasteiger partial charge in [-0.1, -0.05) is 6.42 Å². The smallest absolute Gasteiger partial charge is 0.249 e. The Labute approximate surface area is 138 Å². The molecule has 0 radical (unpaired) electrons. The number of ether oxygens (including phenoxy) is 2. The second-order valence-electron chi connectivity index (χ2n) is 6.93. The van der Waals surface area contributed by atoms with Gasteiger partial charge in [-0.2, -0.15) is 0 Å². The van der Waals surface area contributed by atoms with E-state index in [4.69, 9.17) is 9.47 Å². The first-order chi connectivity index (χ1) is 11.2. The van der Waals surface area contributed by atoms with Gasteiger partial charge in [0, 0.05) is 45.4 Å². The summed E-state index contributed by atoms with van der Waals surface area (Å²) in [6.45, 7) is 2.99. The number of nitrogens with zero attached hydrogens (tertiary/aromatic N) is 2. The van der Waals surface area contributed by atoms with Crippen LogP contribution in [0, 0.1) is 5.92 Å². The van der Waals surface area contributed by atoms with E-state index in [0.29, 0.717) is 25.7 Å². The molecule has 0 aromatic rings. The molecule has 3 rings (SSSR count). The Balaban J connectivity index is 1.64. The Kier molecular flexibility index (Phi) is 5.54. The van der Waals surface area contributed by atoms with Gasteiger partial charge in [0.15, 0.2) is 0 Å². The molecule has 0 bridgehead atoms. The highest BCUT2D eigenvalue weighted by atomic mass is 16.5. The number of carbonyl (C=O) groups is 2. The van der Waals surface area contributed by atoms with Crippen molar-refractivity contribution in [3.63, 3.8) is 0 Å². The zero-order chi connectivity index (χ0) is 16.2. The van der Waals surface area contributed by atoms with Gasteiger partial charge < -0.3 is 19.3 Å². The highest BCUT2D eigenvalue weighted by Crippen LogP contribution is 2.31. The van der Waals surface area contributed by atoms with Crippen molar-refractivity contribution < 1.29 is 19.1 Å². The maximum absolute atomic E-state index is 12.6. The Bertz CT molecular complexity index is 432. The Morgan fingerprint density at radius 1 is 1.13 bits per heavy atom. The molecule has 2 heterocycles. The second kappa shape index (κ2) is 7.62. The van der Waals surface area contributed by atoms with Gasteiger partial charge in [-0.25, -0.2) is 0 Å². The maximum Gasteiger partial charge on any atom is 0.249 e. The molecule has 6 heteroatoms. The van der Waals surface area contributed by atoms with Crippen molar-refractivity contribution in [1.29, 1.82) is 0 Å². The van der Waals surface area contributed by atoms with E-state index in [1.165, 1.54) is 6.42 Å². The van der Waals surface area contributed by atoms with Crippen molar-refractivity contribution in [1.82, 2.24) is 9.80 Å². The van der Waals surface area contributed by atoms with Gasteiger partial charge in [-0.15, -0.1) is 0 Å². The fourth-order valence-corrected chi connectivity index (χ4v) is 3.95. The lowest BCUT2D eigenvalue weighted by Crippen LogP contribution is -2.52. The van der Waals surface area contributed by atoms with Gasteiger partial charge in [-0.05, 0) is 32.1 Å². The second-order valence-corrected chi connectivity index (χ2v) is 6.93. The predicted molar refractivity (Wildman–Crippen MR) is 84.9 cm³/mol. The largest absolute Gasteiger partial charge is 0.381 e. The number of carbonyl (C=O) groups excluding carboxylic acids is 2. The van der Waals surface area contributed by atoms with E-state index in [-0.39, 0.29) is 30.5 Å². The van der Waals surface area contributed by atoms with Crippen LogP contribution in [-0.4, -0.2) is 73.7 Å². The maximum atomic E-state index is 12.6. The van der Waals surface area contributed by atoms with Crippen molar-refractivity contribution in [3.8, 4) is 0 Å². The SMILES string of the molecule is COCC(=O)N(C1CCOCC1)C1CCN(C(=O)C2CCC2)C1. The van der Waals surface area contributed by atoms with Crippen LogP contribution in [0.15, 0.2) is 0 Å². The third-order valence-electron chi connectivity index (χ3n) is 5.46. The summed E-state index contributed by atoms with van der Waals surface area (Å²) in [7, 11) is 1.56. The lowest BCUT2D eigenvalue weighted by Gasteiger charge is -2.38. The summed E-state index contributed by atoms with van der Waals surface area (Å²) in [4.78, 5) is 29.0. The van der Waals surface area contributed by atoms with Gasteiger partial charge in [0.05, 0.1) is 6.04 Å². The number of hydrogen-bond acceptors (Lipinski definition) is 4. The van der Waals surface area contributed by atoms with Gasteiger partial charge in [0.2, 0.25) is 11.8 Å². The summed E-state index contributed by atoms with van der Waals surface area (Å²) in [5.41, 5.74) is 0. The summed E-state index contributed by atoms with van der Waals surface area (Å²) in [6, 6.07) is 0.347. The van der Waals surface area contributed by atoms with Crippen LogP contribution in [0.4, 0.5) is 0 Å². The van der Waals surface area contributed by atoms with Gasteiger partial charge in [0.25, 0.3) is 0 Å². The molecule has 0 aromatic heterocycles. The topological polar surface area (TPSA) is 59.1 Å². The molecule has 1 saturated carbocycles. The van der Waals surface area contributed by atoms with Crippen LogP contribution in [-0.2, 0) is 19.1 Å². The molecule has 6 nitrogen and oxygen atoms in total. The molecule has 2 aliphatic heterocycles. The third kappa shape index (κ3) is 3.69. The molecule has 2 amide bonds. The normalized spacial score (nSPS) is 26.1. The van der Waals surface area contributed by atoms with E-state index < -0.39 is 0 Å². The van der Waals surface area contributed by atoms with Gasteiger partial charge in [-0.3, -0.25) is 9.59 Å². The third-order valence-corrected chi connectivity index (χ3v) is 5.46. The fourth-order valence-electron chi connectivity index (χ4n) is 3.95. The molecule has 1 atom stereocenters. The van der Waals surface area contributed by atoms with Gasteiger partial charge >= 0.3 is 0 Å². The summed E-state index contributed by atoms with van der Waals surface area (Å²) in [6.07, 6.45) is 5.88. The van der Waals surface area contributed by atoms with Crippen LogP contribution in [0.3, 0.4) is 0 Å². The molecule has 0 aromatic carbocycles. The molecule has 2 saturated heterocycles. The zero-order valence-corrected chi connectivity index (χ0v) is 14.0. The molecular formula is C17H28N2O4. The lowest BCUT2D eigenvalue weighted by molar-refractivity contribution is -0.144. The summed E-state index contributed by atoms with van der Waals surface area (Å²) >= 11 is 0. The average molecular weight is 324 g/mol. The van der Waals surface area contributed by atoms with Crippen molar-refractivity contribution in [2.24, 2.45) is 5.92 Å². The fraction of sp³-hybridized carbons (Fsp3) is 0.882. The highest BCUT2D eigenvalue weighted by molar-refractivity contribution is 5.81. The standard InChI is InChI=1S/C17H28N2O4/c1-22-12-16(20)19(14-6-9-23-10-7-14)15-5-8-18(11-15)17(21)13-3-2-4-13/h13-15H,2-12H2,1H3. The molecule has 0 spiro atoms. The monoisotopic (exact) mass is 324 g/mol. The molecule has 3 fully saturated rings. The Morgan fingerprint density at radius 2 is 1.87 bits per heavy atom. The minimum Gasteiger partial charge on any atom is -0.381 e. The number of methoxy groups -OCH3 is 1. The number of likely N-dealkylation sites (tertiary alicyclic amines) is 1. The van der Waals surface area contributed by atoms with E-state index >= 15 is 0 Å². The lowest BCUT2D eigenvalue weighted by atomic mass is 9.84. The minimum absolute atomic E-state index is 0.0438. The van der Waals surface area contributed by atoms with E-state index in [0.717, 1.165) is 38.6 Å². The molecule has 0 N–H and O–H groups in total. The quantitative estimate of drug-likeness (QED) is 0.758. The molecule has 3 aliphatic rings. The van der Waals surface area contributed by atoms with Crippen molar-refractivity contribution >= 4 is 11.8 Å². The highest BCUT2D eigenvalue weighted by Gasteiger charge is 2.39. The minimum atomic E-state index is 0.0438. The predicted octanol–water partition coefficient (Wildman–Crippen LogP) is 1.04. The average Bonchev–Trinajstić information content (AvgIpc) is 2.96. The Morgan fingerprint density at radius 3 is 2.48 bits per heavy atom.